The second kappa shape index (κ2) is 9.97. The Morgan fingerprint density at radius 2 is 1.81 bits per heavy atom. The van der Waals surface area contributed by atoms with E-state index < -0.39 is 0 Å². The lowest BCUT2D eigenvalue weighted by Crippen LogP contribution is -2.49. The van der Waals surface area contributed by atoms with Gasteiger partial charge in [0.15, 0.2) is 5.82 Å². The summed E-state index contributed by atoms with van der Waals surface area (Å²) in [4.78, 5) is 21.4. The molecule has 1 aliphatic heterocycles. The second-order valence-electron chi connectivity index (χ2n) is 10.1. The maximum Gasteiger partial charge on any atom is 0.253 e. The Bertz CT molecular complexity index is 1450. The largest absolute Gasteiger partial charge is 0.495 e. The highest BCUT2D eigenvalue weighted by molar-refractivity contribution is 5.82. The van der Waals surface area contributed by atoms with Crippen LogP contribution >= 0.6 is 0 Å². The van der Waals surface area contributed by atoms with Gasteiger partial charge in [-0.3, -0.25) is 9.69 Å². The Balaban J connectivity index is 1.39. The second-order valence-corrected chi connectivity index (χ2v) is 10.1. The van der Waals surface area contributed by atoms with Crippen LogP contribution in [0.5, 0.6) is 5.75 Å². The lowest BCUT2D eigenvalue weighted by Gasteiger charge is -2.40. The van der Waals surface area contributed by atoms with Gasteiger partial charge in [-0.2, -0.15) is 0 Å². The normalized spacial score (nSPS) is 17.9. The molecule has 1 saturated heterocycles. The molecule has 192 valence electrons. The minimum atomic E-state index is -0.330. The molecule has 0 radical (unpaired) electrons. The van der Waals surface area contributed by atoms with Gasteiger partial charge in [0.25, 0.3) is 5.56 Å². The van der Waals surface area contributed by atoms with Crippen molar-refractivity contribution in [2.75, 3.05) is 38.2 Å². The third kappa shape index (κ3) is 4.37. The van der Waals surface area contributed by atoms with Crippen molar-refractivity contribution in [3.63, 3.8) is 0 Å². The maximum absolute atomic E-state index is 13.6. The third-order valence-electron chi connectivity index (χ3n) is 7.95. The van der Waals surface area contributed by atoms with Crippen LogP contribution in [0.25, 0.3) is 10.9 Å². The summed E-state index contributed by atoms with van der Waals surface area (Å²) in [6.07, 6.45) is 4.50. The number of piperazine rings is 1. The molecule has 2 aromatic heterocycles. The zero-order valence-corrected chi connectivity index (χ0v) is 21.4. The highest BCUT2D eigenvalue weighted by Gasteiger charge is 2.35. The fourth-order valence-corrected chi connectivity index (χ4v) is 6.00. The van der Waals surface area contributed by atoms with E-state index in [9.17, 15) is 4.79 Å². The van der Waals surface area contributed by atoms with Crippen LogP contribution < -0.4 is 15.2 Å². The molecular formula is C28H33N7O2. The van der Waals surface area contributed by atoms with Crippen molar-refractivity contribution in [2.24, 2.45) is 0 Å². The summed E-state index contributed by atoms with van der Waals surface area (Å²) < 4.78 is 7.60. The third-order valence-corrected chi connectivity index (χ3v) is 7.95. The lowest BCUT2D eigenvalue weighted by molar-refractivity contribution is 0.196. The molecule has 1 aliphatic carbocycles. The highest BCUT2D eigenvalue weighted by atomic mass is 16.5. The van der Waals surface area contributed by atoms with Crippen molar-refractivity contribution in [3.05, 3.63) is 75.8 Å². The Hall–Kier alpha value is -3.72. The molecule has 1 unspecified atom stereocenters. The van der Waals surface area contributed by atoms with E-state index in [1.165, 1.54) is 12.8 Å². The summed E-state index contributed by atoms with van der Waals surface area (Å²) in [7, 11) is 1.71. The number of rotatable bonds is 6. The summed E-state index contributed by atoms with van der Waals surface area (Å²) in [5.41, 5.74) is 3.64. The van der Waals surface area contributed by atoms with Gasteiger partial charge in [0, 0.05) is 31.7 Å². The molecule has 2 aliphatic rings. The molecule has 1 atom stereocenters. The molecule has 2 aromatic carbocycles. The number of aromatic nitrogens is 5. The van der Waals surface area contributed by atoms with Crippen LogP contribution in [0.1, 0.15) is 54.7 Å². The number of pyridine rings is 1. The van der Waals surface area contributed by atoms with Gasteiger partial charge in [0.2, 0.25) is 0 Å². The number of aryl methyl sites for hydroxylation is 1. The summed E-state index contributed by atoms with van der Waals surface area (Å²) in [6.45, 7) is 5.18. The number of nitrogens with one attached hydrogen (secondary N) is 1. The molecule has 2 fully saturated rings. The van der Waals surface area contributed by atoms with Gasteiger partial charge < -0.3 is 14.6 Å². The van der Waals surface area contributed by atoms with Gasteiger partial charge in [0.1, 0.15) is 11.8 Å². The summed E-state index contributed by atoms with van der Waals surface area (Å²) in [5, 5.41) is 14.1. The van der Waals surface area contributed by atoms with Crippen molar-refractivity contribution in [1.82, 2.24) is 30.1 Å². The van der Waals surface area contributed by atoms with Crippen LogP contribution in [0.3, 0.4) is 0 Å². The monoisotopic (exact) mass is 499 g/mol. The maximum atomic E-state index is 13.6. The molecule has 0 amide bonds. The minimum Gasteiger partial charge on any atom is -0.495 e. The van der Waals surface area contributed by atoms with Crippen molar-refractivity contribution in [1.29, 1.82) is 0 Å². The predicted octanol–water partition coefficient (Wildman–Crippen LogP) is 3.86. The summed E-state index contributed by atoms with van der Waals surface area (Å²) in [6, 6.07) is 16.2. The number of hydrogen-bond acceptors (Lipinski definition) is 7. The molecule has 6 rings (SSSR count). The molecule has 3 heterocycles. The number of benzene rings is 2. The smallest absolute Gasteiger partial charge is 0.253 e. The molecule has 0 bridgehead atoms. The first-order valence-corrected chi connectivity index (χ1v) is 13.2. The zero-order valence-electron chi connectivity index (χ0n) is 21.4. The number of H-pyrrole nitrogens is 1. The van der Waals surface area contributed by atoms with E-state index in [4.69, 9.17) is 4.74 Å². The van der Waals surface area contributed by atoms with Crippen LogP contribution in [0, 0.1) is 6.92 Å². The lowest BCUT2D eigenvalue weighted by atomic mass is 10.0. The summed E-state index contributed by atoms with van der Waals surface area (Å²) >= 11 is 0. The van der Waals surface area contributed by atoms with E-state index in [0.717, 1.165) is 72.7 Å². The number of aromatic amines is 1. The van der Waals surface area contributed by atoms with Crippen molar-refractivity contribution in [2.45, 2.75) is 44.7 Å². The van der Waals surface area contributed by atoms with Gasteiger partial charge >= 0.3 is 0 Å². The molecule has 4 aromatic rings. The average molecular weight is 500 g/mol. The van der Waals surface area contributed by atoms with Gasteiger partial charge in [-0.05, 0) is 59.3 Å². The van der Waals surface area contributed by atoms with Gasteiger partial charge in [-0.25, -0.2) is 4.68 Å². The molecule has 1 N–H and O–H groups in total. The number of para-hydroxylation sites is 3. The Morgan fingerprint density at radius 3 is 2.59 bits per heavy atom. The number of nitrogens with zero attached hydrogens (tertiary/aromatic N) is 6. The molecule has 9 heteroatoms. The Morgan fingerprint density at radius 1 is 1.03 bits per heavy atom. The number of ether oxygens (including phenoxy) is 1. The van der Waals surface area contributed by atoms with Gasteiger partial charge in [-0.1, -0.05) is 43.2 Å². The first-order valence-electron chi connectivity index (χ1n) is 13.2. The highest BCUT2D eigenvalue weighted by Crippen LogP contribution is 2.35. The number of anilines is 1. The van der Waals surface area contributed by atoms with Crippen molar-refractivity contribution in [3.8, 4) is 5.75 Å². The zero-order chi connectivity index (χ0) is 25.4. The molecule has 9 nitrogen and oxygen atoms in total. The standard InChI is InChI=1S/C28H33N7O2/c1-19-8-7-9-20-18-22(28(36)29-25(19)20)26(27-30-31-32-35(27)21-10-3-4-11-21)34-16-14-33(15-17-34)23-12-5-6-13-24(23)37-2/h5-9,12-13,18,21,26H,3-4,10-11,14-17H2,1-2H3,(H,29,36). The molecule has 0 spiro atoms. The fraction of sp³-hybridized carbons (Fsp3) is 0.429. The van der Waals surface area contributed by atoms with E-state index in [-0.39, 0.29) is 17.6 Å². The fourth-order valence-electron chi connectivity index (χ4n) is 6.00. The Labute approximate surface area is 216 Å². The van der Waals surface area contributed by atoms with Gasteiger partial charge in [0.05, 0.1) is 24.4 Å². The molecule has 1 saturated carbocycles. The van der Waals surface area contributed by atoms with E-state index in [2.05, 4.69) is 42.4 Å². The van der Waals surface area contributed by atoms with Crippen molar-refractivity contribution >= 4 is 16.6 Å². The first-order chi connectivity index (χ1) is 18.1. The van der Waals surface area contributed by atoms with Gasteiger partial charge in [-0.15, -0.1) is 5.10 Å². The van der Waals surface area contributed by atoms with Crippen LogP contribution in [0.4, 0.5) is 5.69 Å². The van der Waals surface area contributed by atoms with Crippen LogP contribution in [0.2, 0.25) is 0 Å². The molecule has 37 heavy (non-hydrogen) atoms. The summed E-state index contributed by atoms with van der Waals surface area (Å²) in [5.74, 6) is 1.63. The van der Waals surface area contributed by atoms with Crippen LogP contribution in [0.15, 0.2) is 53.3 Å². The Kier molecular flexibility index (Phi) is 6.38. The first kappa shape index (κ1) is 23.7. The van der Waals surface area contributed by atoms with Crippen molar-refractivity contribution < 1.29 is 4.74 Å². The van der Waals surface area contributed by atoms with E-state index in [1.54, 1.807) is 7.11 Å². The van der Waals surface area contributed by atoms with Crippen LogP contribution in [-0.4, -0.2) is 63.4 Å². The number of fused-ring (bicyclic) bond motifs is 1. The van der Waals surface area contributed by atoms with E-state index in [0.29, 0.717) is 5.56 Å². The predicted molar refractivity (Wildman–Crippen MR) is 143 cm³/mol. The van der Waals surface area contributed by atoms with E-state index >= 15 is 0 Å². The average Bonchev–Trinajstić information content (AvgIpc) is 3.63. The molecular weight excluding hydrogens is 466 g/mol. The van der Waals surface area contributed by atoms with Crippen LogP contribution in [-0.2, 0) is 0 Å². The number of hydrogen-bond donors (Lipinski definition) is 1. The quantitative estimate of drug-likeness (QED) is 0.431. The minimum absolute atomic E-state index is 0.0834. The number of tetrazole rings is 1. The SMILES string of the molecule is COc1ccccc1N1CCN(C(c2cc3cccc(C)c3[nH]c2=O)c2nnnn2C2CCCC2)CC1. The topological polar surface area (TPSA) is 92.2 Å². The van der Waals surface area contributed by atoms with E-state index in [1.807, 2.05) is 48.0 Å². The number of methoxy groups -OCH3 is 1.